The molecule has 0 unspecified atom stereocenters. The molecule has 29 heavy (non-hydrogen) atoms. The van der Waals surface area contributed by atoms with Crippen molar-refractivity contribution in [2.45, 2.75) is 6.92 Å². The van der Waals surface area contributed by atoms with Crippen molar-refractivity contribution < 1.29 is 14.3 Å². The predicted octanol–water partition coefficient (Wildman–Crippen LogP) is 3.81. The van der Waals surface area contributed by atoms with Crippen molar-refractivity contribution in [1.29, 1.82) is 0 Å². The van der Waals surface area contributed by atoms with Gasteiger partial charge >= 0.3 is 5.97 Å². The summed E-state index contributed by atoms with van der Waals surface area (Å²) in [6.45, 7) is 1.76. The van der Waals surface area contributed by atoms with Crippen LogP contribution in [-0.4, -0.2) is 28.6 Å². The number of rotatable bonds is 5. The van der Waals surface area contributed by atoms with E-state index in [4.69, 9.17) is 21.1 Å². The molecule has 4 aromatic rings. The molecule has 0 aliphatic carbocycles. The fourth-order valence-electron chi connectivity index (χ4n) is 2.90. The first-order chi connectivity index (χ1) is 14.0. The van der Waals surface area contributed by atoms with Crippen molar-refractivity contribution in [3.8, 4) is 5.75 Å². The average Bonchev–Trinajstić information content (AvgIpc) is 3.18. The smallest absolute Gasteiger partial charge is 0.344 e. The minimum absolute atomic E-state index is 0.131. The Morgan fingerprint density at radius 3 is 2.90 bits per heavy atom. The van der Waals surface area contributed by atoms with E-state index in [2.05, 4.69) is 20.9 Å². The lowest BCUT2D eigenvalue weighted by Crippen LogP contribution is -2.22. The van der Waals surface area contributed by atoms with Gasteiger partial charge in [0, 0.05) is 0 Å². The maximum absolute atomic E-state index is 12.9. The van der Waals surface area contributed by atoms with Gasteiger partial charge in [-0.3, -0.25) is 4.79 Å². The van der Waals surface area contributed by atoms with Gasteiger partial charge in [-0.15, -0.1) is 0 Å². The fourth-order valence-corrected chi connectivity index (χ4v) is 4.87. The molecule has 0 atom stereocenters. The number of imidazole rings is 1. The van der Waals surface area contributed by atoms with Gasteiger partial charge in [0.05, 0.1) is 31.7 Å². The molecule has 2 heterocycles. The number of ether oxygens (including phenoxy) is 2. The van der Waals surface area contributed by atoms with Crippen LogP contribution in [0.5, 0.6) is 5.75 Å². The zero-order chi connectivity index (χ0) is 20.5. The Morgan fingerprint density at radius 1 is 1.34 bits per heavy atom. The molecule has 0 spiro atoms. The number of esters is 1. The molecule has 0 saturated heterocycles. The Labute approximate surface area is 182 Å². The Kier molecular flexibility index (Phi) is 5.58. The summed E-state index contributed by atoms with van der Waals surface area (Å²) in [7, 11) is 0. The molecule has 0 saturated carbocycles. The normalized spacial score (nSPS) is 12.0. The quantitative estimate of drug-likeness (QED) is 0.395. The van der Waals surface area contributed by atoms with Crippen LogP contribution in [0.3, 0.4) is 0 Å². The monoisotopic (exact) mass is 492 g/mol. The molecular formula is C20H14BrClN2O4S. The van der Waals surface area contributed by atoms with Crippen LogP contribution in [0.4, 0.5) is 0 Å². The second-order valence-corrected chi connectivity index (χ2v) is 8.31. The Balaban J connectivity index is 1.70. The van der Waals surface area contributed by atoms with Crippen molar-refractivity contribution in [2.24, 2.45) is 0 Å². The van der Waals surface area contributed by atoms with E-state index in [1.165, 1.54) is 11.3 Å². The summed E-state index contributed by atoms with van der Waals surface area (Å²) >= 11 is 11.0. The van der Waals surface area contributed by atoms with Crippen LogP contribution in [0.25, 0.3) is 22.1 Å². The molecule has 0 fully saturated rings. The van der Waals surface area contributed by atoms with E-state index in [-0.39, 0.29) is 18.8 Å². The van der Waals surface area contributed by atoms with Crippen molar-refractivity contribution in [1.82, 2.24) is 9.38 Å². The summed E-state index contributed by atoms with van der Waals surface area (Å²) in [5, 5.41) is 0.314. The highest BCUT2D eigenvalue weighted by molar-refractivity contribution is 9.10. The number of carbonyl (C=O) groups excluding carboxylic acids is 1. The van der Waals surface area contributed by atoms with Crippen molar-refractivity contribution in [3.05, 3.63) is 66.3 Å². The topological polar surface area (TPSA) is 69.9 Å². The first-order valence-electron chi connectivity index (χ1n) is 8.67. The summed E-state index contributed by atoms with van der Waals surface area (Å²) in [4.78, 5) is 29.5. The van der Waals surface area contributed by atoms with E-state index in [1.54, 1.807) is 29.5 Å². The molecule has 4 rings (SSSR count). The highest BCUT2D eigenvalue weighted by Gasteiger charge is 2.13. The molecule has 148 valence electrons. The molecule has 2 aromatic carbocycles. The van der Waals surface area contributed by atoms with Crippen LogP contribution >= 0.6 is 38.9 Å². The average molecular weight is 494 g/mol. The first-order valence-corrected chi connectivity index (χ1v) is 10.7. The minimum atomic E-state index is -0.476. The lowest BCUT2D eigenvalue weighted by molar-refractivity contribution is -0.145. The Morgan fingerprint density at radius 2 is 2.14 bits per heavy atom. The summed E-state index contributed by atoms with van der Waals surface area (Å²) in [6, 6.07) is 11.0. The standard InChI is InChI=1S/C20H14BrClN2O4S/c1-2-27-17(25)10-28-18-12(21)7-11(8-13(18)22)9-16-19(26)24-15-6-4-3-5-14(15)23-20(24)29-16/h3-9H,2,10H2,1H3/b16-9-. The molecule has 0 amide bonds. The van der Waals surface area contributed by atoms with Gasteiger partial charge in [0.2, 0.25) is 0 Å². The van der Waals surface area contributed by atoms with Crippen LogP contribution in [0.15, 0.2) is 45.7 Å². The lowest BCUT2D eigenvalue weighted by Gasteiger charge is -2.10. The van der Waals surface area contributed by atoms with Gasteiger partial charge in [-0.05, 0) is 58.8 Å². The first kappa shape index (κ1) is 19.9. The number of para-hydroxylation sites is 2. The van der Waals surface area contributed by atoms with Gasteiger partial charge in [0.1, 0.15) is 0 Å². The van der Waals surface area contributed by atoms with E-state index >= 15 is 0 Å². The number of benzene rings is 2. The Bertz CT molecular complexity index is 1330. The van der Waals surface area contributed by atoms with Crippen molar-refractivity contribution in [3.63, 3.8) is 0 Å². The van der Waals surface area contributed by atoms with Gasteiger partial charge in [-0.2, -0.15) is 0 Å². The zero-order valence-corrected chi connectivity index (χ0v) is 18.3. The molecule has 2 aromatic heterocycles. The molecule has 6 nitrogen and oxygen atoms in total. The van der Waals surface area contributed by atoms with E-state index < -0.39 is 5.97 Å². The van der Waals surface area contributed by atoms with Gasteiger partial charge in [0.15, 0.2) is 17.3 Å². The largest absolute Gasteiger partial charge is 0.479 e. The molecule has 0 N–H and O–H groups in total. The maximum atomic E-state index is 12.9. The number of hydrogen-bond acceptors (Lipinski definition) is 6. The van der Waals surface area contributed by atoms with Crippen LogP contribution < -0.4 is 14.8 Å². The second-order valence-electron chi connectivity index (χ2n) is 6.04. The summed E-state index contributed by atoms with van der Waals surface area (Å²) in [5.41, 5.74) is 2.16. The van der Waals surface area contributed by atoms with Gasteiger partial charge < -0.3 is 9.47 Å². The van der Waals surface area contributed by atoms with Crippen LogP contribution in [0.2, 0.25) is 5.02 Å². The summed E-state index contributed by atoms with van der Waals surface area (Å²) < 4.78 is 13.0. The second kappa shape index (κ2) is 8.14. The molecule has 0 radical (unpaired) electrons. The number of carbonyl (C=O) groups is 1. The predicted molar refractivity (Wildman–Crippen MR) is 117 cm³/mol. The number of thiazole rings is 1. The van der Waals surface area contributed by atoms with E-state index in [9.17, 15) is 9.59 Å². The fraction of sp³-hybridized carbons (Fsp3) is 0.150. The third kappa shape index (κ3) is 3.88. The van der Waals surface area contributed by atoms with Crippen molar-refractivity contribution in [2.75, 3.05) is 13.2 Å². The lowest BCUT2D eigenvalue weighted by atomic mass is 10.2. The third-order valence-corrected chi connectivity index (χ3v) is 5.94. The molecular weight excluding hydrogens is 480 g/mol. The van der Waals surface area contributed by atoms with Crippen LogP contribution in [0, 0.1) is 0 Å². The number of aromatic nitrogens is 2. The van der Waals surface area contributed by atoms with Crippen LogP contribution in [-0.2, 0) is 9.53 Å². The Hall–Kier alpha value is -2.42. The van der Waals surface area contributed by atoms with E-state index in [0.717, 1.165) is 16.6 Å². The number of hydrogen-bond donors (Lipinski definition) is 0. The van der Waals surface area contributed by atoms with E-state index in [0.29, 0.717) is 24.7 Å². The molecule has 0 aliphatic rings. The highest BCUT2D eigenvalue weighted by atomic mass is 79.9. The number of fused-ring (bicyclic) bond motifs is 3. The molecule has 0 bridgehead atoms. The maximum Gasteiger partial charge on any atom is 0.344 e. The number of nitrogens with zero attached hydrogens (tertiary/aromatic N) is 2. The van der Waals surface area contributed by atoms with Crippen LogP contribution in [0.1, 0.15) is 12.5 Å². The van der Waals surface area contributed by atoms with Crippen molar-refractivity contribution >= 4 is 66.9 Å². The van der Waals surface area contributed by atoms with Gasteiger partial charge in [-0.25, -0.2) is 14.2 Å². The number of halogens is 2. The summed E-state index contributed by atoms with van der Waals surface area (Å²) in [5.74, 6) is -0.137. The third-order valence-electron chi connectivity index (χ3n) is 4.10. The minimum Gasteiger partial charge on any atom is -0.479 e. The summed E-state index contributed by atoms with van der Waals surface area (Å²) in [6.07, 6.45) is 1.75. The SMILES string of the molecule is CCOC(=O)COc1c(Cl)cc(/C=c2\sc3nc4ccccc4n3c2=O)cc1Br. The molecule has 0 aliphatic heterocycles. The van der Waals surface area contributed by atoms with E-state index in [1.807, 2.05) is 24.3 Å². The zero-order valence-electron chi connectivity index (χ0n) is 15.1. The molecule has 9 heteroatoms. The highest BCUT2D eigenvalue weighted by Crippen LogP contribution is 2.34. The van der Waals surface area contributed by atoms with Gasteiger partial charge in [0.25, 0.3) is 5.56 Å². The van der Waals surface area contributed by atoms with Gasteiger partial charge in [-0.1, -0.05) is 35.1 Å².